The summed E-state index contributed by atoms with van der Waals surface area (Å²) in [5.74, 6) is 0.689. The Hall–Kier alpha value is -1.61. The van der Waals surface area contributed by atoms with Crippen molar-refractivity contribution in [2.45, 2.75) is 13.8 Å². The van der Waals surface area contributed by atoms with Gasteiger partial charge in [-0.1, -0.05) is 17.7 Å². The Morgan fingerprint density at radius 3 is 2.25 bits per heavy atom. The van der Waals surface area contributed by atoms with E-state index >= 15 is 0 Å². The van der Waals surface area contributed by atoms with Gasteiger partial charge in [0.1, 0.15) is 0 Å². The van der Waals surface area contributed by atoms with E-state index in [1.165, 1.54) is 11.1 Å². The van der Waals surface area contributed by atoms with Crippen LogP contribution in [0.1, 0.15) is 11.1 Å². The highest BCUT2D eigenvalue weighted by molar-refractivity contribution is 6.29. The van der Waals surface area contributed by atoms with E-state index in [2.05, 4.69) is 47.6 Å². The van der Waals surface area contributed by atoms with Crippen molar-refractivity contribution in [3.8, 4) is 0 Å². The number of nitrogens with one attached hydrogen (secondary N) is 1. The zero-order chi connectivity index (χ0) is 11.5. The molecular formula is C12H12ClN3. The second kappa shape index (κ2) is 4.49. The Morgan fingerprint density at radius 2 is 1.69 bits per heavy atom. The average molecular weight is 234 g/mol. The number of aryl methyl sites for hydroxylation is 2. The summed E-state index contributed by atoms with van der Waals surface area (Å²) in [4.78, 5) is 0. The first-order valence-electron chi connectivity index (χ1n) is 4.98. The van der Waals surface area contributed by atoms with Crippen LogP contribution in [-0.2, 0) is 0 Å². The Labute approximate surface area is 99.5 Å². The molecule has 2 rings (SSSR count). The highest BCUT2D eigenvalue weighted by Gasteiger charge is 1.98. The molecule has 0 aliphatic rings. The van der Waals surface area contributed by atoms with Gasteiger partial charge in [0.25, 0.3) is 0 Å². The number of anilines is 2. The lowest BCUT2D eigenvalue weighted by molar-refractivity contribution is 1.04. The molecule has 0 amide bonds. The maximum Gasteiger partial charge on any atom is 0.153 e. The molecule has 0 radical (unpaired) electrons. The second-order valence-electron chi connectivity index (χ2n) is 3.74. The molecule has 0 spiro atoms. The number of halogens is 1. The molecule has 0 aliphatic heterocycles. The Bertz CT molecular complexity index is 474. The van der Waals surface area contributed by atoms with Crippen LogP contribution >= 0.6 is 11.6 Å². The van der Waals surface area contributed by atoms with Crippen LogP contribution in [-0.4, -0.2) is 10.2 Å². The number of nitrogens with zero attached hydrogens (tertiary/aromatic N) is 2. The highest BCUT2D eigenvalue weighted by Crippen LogP contribution is 2.18. The van der Waals surface area contributed by atoms with E-state index in [4.69, 9.17) is 11.6 Å². The first-order valence-corrected chi connectivity index (χ1v) is 5.36. The van der Waals surface area contributed by atoms with Gasteiger partial charge in [-0.25, -0.2) is 0 Å². The van der Waals surface area contributed by atoms with Crippen molar-refractivity contribution >= 4 is 23.1 Å². The van der Waals surface area contributed by atoms with Crippen LogP contribution in [0.3, 0.4) is 0 Å². The fourth-order valence-corrected chi connectivity index (χ4v) is 1.68. The van der Waals surface area contributed by atoms with Gasteiger partial charge in [-0.2, -0.15) is 0 Å². The van der Waals surface area contributed by atoms with E-state index in [-0.39, 0.29) is 0 Å². The summed E-state index contributed by atoms with van der Waals surface area (Å²) in [6.07, 6.45) is 0. The lowest BCUT2D eigenvalue weighted by Crippen LogP contribution is -1.95. The molecule has 0 saturated carbocycles. The van der Waals surface area contributed by atoms with Crippen molar-refractivity contribution in [1.82, 2.24) is 10.2 Å². The van der Waals surface area contributed by atoms with Crippen LogP contribution in [0.2, 0.25) is 5.15 Å². The summed E-state index contributed by atoms with van der Waals surface area (Å²) in [6.45, 7) is 4.12. The van der Waals surface area contributed by atoms with E-state index in [1.807, 2.05) is 0 Å². The lowest BCUT2D eigenvalue weighted by Gasteiger charge is -2.07. The third kappa shape index (κ3) is 2.70. The summed E-state index contributed by atoms with van der Waals surface area (Å²) in [5, 5.41) is 11.3. The van der Waals surface area contributed by atoms with Crippen molar-refractivity contribution in [2.24, 2.45) is 0 Å². The molecule has 4 heteroatoms. The zero-order valence-electron chi connectivity index (χ0n) is 9.16. The van der Waals surface area contributed by atoms with E-state index in [0.717, 1.165) is 5.69 Å². The molecular weight excluding hydrogens is 222 g/mol. The van der Waals surface area contributed by atoms with Gasteiger partial charge in [0.2, 0.25) is 0 Å². The highest BCUT2D eigenvalue weighted by atomic mass is 35.5. The van der Waals surface area contributed by atoms with Crippen LogP contribution in [0.15, 0.2) is 30.3 Å². The van der Waals surface area contributed by atoms with Crippen molar-refractivity contribution < 1.29 is 0 Å². The molecule has 0 atom stereocenters. The predicted octanol–water partition coefficient (Wildman–Crippen LogP) is 3.49. The molecule has 0 bridgehead atoms. The minimum Gasteiger partial charge on any atom is -0.339 e. The van der Waals surface area contributed by atoms with Gasteiger partial charge < -0.3 is 5.32 Å². The summed E-state index contributed by atoms with van der Waals surface area (Å²) in [5.41, 5.74) is 3.43. The van der Waals surface area contributed by atoms with Crippen LogP contribution < -0.4 is 5.32 Å². The molecule has 82 valence electrons. The van der Waals surface area contributed by atoms with Crippen molar-refractivity contribution in [2.75, 3.05) is 5.32 Å². The summed E-state index contributed by atoms with van der Waals surface area (Å²) < 4.78 is 0. The standard InChI is InChI=1S/C12H12ClN3/c1-8-5-9(2)7-10(6-8)14-12-4-3-11(13)15-16-12/h3-7H,1-2H3,(H,14,16). The fraction of sp³-hybridized carbons (Fsp3) is 0.167. The van der Waals surface area contributed by atoms with Gasteiger partial charge in [0, 0.05) is 5.69 Å². The number of aromatic nitrogens is 2. The first kappa shape index (κ1) is 10.9. The number of rotatable bonds is 2. The topological polar surface area (TPSA) is 37.8 Å². The molecule has 3 nitrogen and oxygen atoms in total. The molecule has 1 heterocycles. The van der Waals surface area contributed by atoms with E-state index in [0.29, 0.717) is 11.0 Å². The lowest BCUT2D eigenvalue weighted by atomic mass is 10.1. The zero-order valence-corrected chi connectivity index (χ0v) is 9.92. The van der Waals surface area contributed by atoms with Gasteiger partial charge in [0.15, 0.2) is 11.0 Å². The number of benzene rings is 1. The average Bonchev–Trinajstić information content (AvgIpc) is 2.20. The summed E-state index contributed by atoms with van der Waals surface area (Å²) in [6, 6.07) is 9.75. The summed E-state index contributed by atoms with van der Waals surface area (Å²) in [7, 11) is 0. The van der Waals surface area contributed by atoms with Gasteiger partial charge in [0.05, 0.1) is 0 Å². The molecule has 0 saturated heterocycles. The Balaban J connectivity index is 2.23. The maximum atomic E-state index is 5.66. The van der Waals surface area contributed by atoms with Gasteiger partial charge in [-0.05, 0) is 49.2 Å². The first-order chi connectivity index (χ1) is 7.63. The van der Waals surface area contributed by atoms with Gasteiger partial charge in [-0.15, -0.1) is 10.2 Å². The molecule has 0 fully saturated rings. The van der Waals surface area contributed by atoms with Crippen LogP contribution in [0.25, 0.3) is 0 Å². The van der Waals surface area contributed by atoms with Crippen molar-refractivity contribution in [3.05, 3.63) is 46.6 Å². The molecule has 0 aliphatic carbocycles. The van der Waals surface area contributed by atoms with Crippen LogP contribution in [0.4, 0.5) is 11.5 Å². The van der Waals surface area contributed by atoms with Gasteiger partial charge >= 0.3 is 0 Å². The molecule has 1 aromatic heterocycles. The van der Waals surface area contributed by atoms with Crippen molar-refractivity contribution in [3.63, 3.8) is 0 Å². The molecule has 0 unspecified atom stereocenters. The van der Waals surface area contributed by atoms with E-state index in [9.17, 15) is 0 Å². The Kier molecular flexibility index (Phi) is 3.06. The molecule has 2 aromatic rings. The maximum absolute atomic E-state index is 5.66. The fourth-order valence-electron chi connectivity index (χ4n) is 1.58. The van der Waals surface area contributed by atoms with Crippen LogP contribution in [0.5, 0.6) is 0 Å². The minimum absolute atomic E-state index is 0.394. The molecule has 1 N–H and O–H groups in total. The second-order valence-corrected chi connectivity index (χ2v) is 4.13. The molecule has 16 heavy (non-hydrogen) atoms. The molecule has 1 aromatic carbocycles. The van der Waals surface area contributed by atoms with E-state index < -0.39 is 0 Å². The van der Waals surface area contributed by atoms with Crippen molar-refractivity contribution in [1.29, 1.82) is 0 Å². The minimum atomic E-state index is 0.394. The largest absolute Gasteiger partial charge is 0.339 e. The Morgan fingerprint density at radius 1 is 1.00 bits per heavy atom. The quantitative estimate of drug-likeness (QED) is 0.863. The SMILES string of the molecule is Cc1cc(C)cc(Nc2ccc(Cl)nn2)c1. The predicted molar refractivity (Wildman–Crippen MR) is 66.2 cm³/mol. The number of hydrogen-bond acceptors (Lipinski definition) is 3. The monoisotopic (exact) mass is 233 g/mol. The number of hydrogen-bond donors (Lipinski definition) is 1. The van der Waals surface area contributed by atoms with Gasteiger partial charge in [-0.3, -0.25) is 0 Å². The third-order valence-electron chi connectivity index (χ3n) is 2.13. The third-order valence-corrected chi connectivity index (χ3v) is 2.33. The van der Waals surface area contributed by atoms with Crippen LogP contribution in [0, 0.1) is 13.8 Å². The van der Waals surface area contributed by atoms with E-state index in [1.54, 1.807) is 12.1 Å². The smallest absolute Gasteiger partial charge is 0.153 e. The summed E-state index contributed by atoms with van der Waals surface area (Å²) >= 11 is 5.66. The normalized spacial score (nSPS) is 10.2.